The van der Waals surface area contributed by atoms with Gasteiger partial charge in [0.2, 0.25) is 0 Å². The third-order valence-electron chi connectivity index (χ3n) is 3.68. The molecule has 116 valence electrons. The maximum absolute atomic E-state index is 12.3. The van der Waals surface area contributed by atoms with Gasteiger partial charge in [-0.25, -0.2) is 8.42 Å². The number of nitrogen functional groups attached to an aromatic ring is 1. The molecule has 1 aliphatic rings. The number of rotatable bonds is 3. The molecule has 2 N–H and O–H groups in total. The molecule has 1 aromatic rings. The van der Waals surface area contributed by atoms with E-state index in [1.54, 1.807) is 6.92 Å². The smallest absolute Gasteiger partial charge is 0.183 e. The minimum Gasteiger partial charge on any atom is -0.396 e. The summed E-state index contributed by atoms with van der Waals surface area (Å²) in [6.45, 7) is 4.97. The Morgan fingerprint density at radius 1 is 1.33 bits per heavy atom. The van der Waals surface area contributed by atoms with E-state index in [-0.39, 0.29) is 21.2 Å². The van der Waals surface area contributed by atoms with Crippen LogP contribution in [-0.4, -0.2) is 52.3 Å². The molecule has 21 heavy (non-hydrogen) atoms. The minimum atomic E-state index is -3.44. The van der Waals surface area contributed by atoms with Gasteiger partial charge in [0.05, 0.1) is 11.4 Å². The first-order valence-electron chi connectivity index (χ1n) is 6.89. The van der Waals surface area contributed by atoms with Crippen LogP contribution in [0.2, 0.25) is 0 Å². The topological polar surface area (TPSA) is 90.4 Å². The van der Waals surface area contributed by atoms with Gasteiger partial charge >= 0.3 is 0 Å². The van der Waals surface area contributed by atoms with Crippen LogP contribution in [0.4, 0.5) is 10.7 Å². The Morgan fingerprint density at radius 2 is 2.05 bits per heavy atom. The molecule has 0 amide bonds. The lowest BCUT2D eigenvalue weighted by Crippen LogP contribution is -2.29. The lowest BCUT2D eigenvalue weighted by molar-refractivity contribution is 0.360. The van der Waals surface area contributed by atoms with E-state index in [1.807, 2.05) is 11.0 Å². The first kappa shape index (κ1) is 16.1. The van der Waals surface area contributed by atoms with Crippen molar-refractivity contribution < 1.29 is 8.42 Å². The van der Waals surface area contributed by atoms with Crippen LogP contribution in [-0.2, 0) is 9.84 Å². The highest BCUT2D eigenvalue weighted by Crippen LogP contribution is 2.41. The molecular formula is C13H20N4O2S2. The molecule has 2 heterocycles. The van der Waals surface area contributed by atoms with E-state index < -0.39 is 9.84 Å². The zero-order valence-electron chi connectivity index (χ0n) is 12.3. The van der Waals surface area contributed by atoms with Crippen molar-refractivity contribution in [1.29, 1.82) is 5.26 Å². The molecule has 1 aromatic heterocycles. The summed E-state index contributed by atoms with van der Waals surface area (Å²) in [5.41, 5.74) is 6.03. The Hall–Kier alpha value is -1.30. The van der Waals surface area contributed by atoms with Gasteiger partial charge in [0.25, 0.3) is 0 Å². The summed E-state index contributed by atoms with van der Waals surface area (Å²) in [6.07, 6.45) is 0.960. The number of likely N-dealkylation sites (N-methyl/N-ethyl adjacent to an activating group) is 1. The molecule has 0 saturated carbocycles. The number of anilines is 2. The summed E-state index contributed by atoms with van der Waals surface area (Å²) in [6, 6.07) is 2.01. The van der Waals surface area contributed by atoms with Crippen LogP contribution in [0, 0.1) is 11.3 Å². The molecule has 0 spiro atoms. The van der Waals surface area contributed by atoms with E-state index in [0.29, 0.717) is 5.00 Å². The van der Waals surface area contributed by atoms with Gasteiger partial charge < -0.3 is 15.5 Å². The second-order valence-electron chi connectivity index (χ2n) is 5.14. The van der Waals surface area contributed by atoms with Gasteiger partial charge in [-0.05, 0) is 20.0 Å². The second-order valence-corrected chi connectivity index (χ2v) is 8.35. The fourth-order valence-corrected chi connectivity index (χ4v) is 5.06. The van der Waals surface area contributed by atoms with E-state index in [9.17, 15) is 8.42 Å². The van der Waals surface area contributed by atoms with E-state index in [4.69, 9.17) is 11.0 Å². The van der Waals surface area contributed by atoms with Crippen molar-refractivity contribution in [3.8, 4) is 6.07 Å². The van der Waals surface area contributed by atoms with Crippen LogP contribution in [0.25, 0.3) is 0 Å². The minimum absolute atomic E-state index is 0.0143. The third kappa shape index (κ3) is 3.15. The average molecular weight is 328 g/mol. The normalized spacial score (nSPS) is 17.5. The lowest BCUT2D eigenvalue weighted by Gasteiger charge is -2.22. The zero-order chi connectivity index (χ0) is 15.6. The number of thiophene rings is 1. The second kappa shape index (κ2) is 6.22. The van der Waals surface area contributed by atoms with Gasteiger partial charge in [-0.15, -0.1) is 11.3 Å². The van der Waals surface area contributed by atoms with Crippen LogP contribution in [0.3, 0.4) is 0 Å². The Labute approximate surface area is 129 Å². The Kier molecular flexibility index (Phi) is 4.76. The van der Waals surface area contributed by atoms with Gasteiger partial charge in [0.15, 0.2) is 9.84 Å². The first-order valence-corrected chi connectivity index (χ1v) is 9.36. The fraction of sp³-hybridized carbons (Fsp3) is 0.615. The number of sulfone groups is 1. The molecule has 8 heteroatoms. The highest BCUT2D eigenvalue weighted by molar-refractivity contribution is 7.91. The molecule has 2 rings (SSSR count). The number of hydrogen-bond acceptors (Lipinski definition) is 7. The summed E-state index contributed by atoms with van der Waals surface area (Å²) in [7, 11) is -1.39. The van der Waals surface area contributed by atoms with Crippen molar-refractivity contribution in [1.82, 2.24) is 4.90 Å². The number of nitrogens with two attached hydrogens (primary N) is 1. The molecule has 1 aliphatic heterocycles. The van der Waals surface area contributed by atoms with Gasteiger partial charge in [0.1, 0.15) is 20.8 Å². The molecular weight excluding hydrogens is 308 g/mol. The summed E-state index contributed by atoms with van der Waals surface area (Å²) in [5.74, 6) is -0.0143. The highest BCUT2D eigenvalue weighted by atomic mass is 32.2. The largest absolute Gasteiger partial charge is 0.396 e. The maximum Gasteiger partial charge on any atom is 0.183 e. The van der Waals surface area contributed by atoms with Crippen molar-refractivity contribution in [2.75, 3.05) is 49.6 Å². The molecule has 0 atom stereocenters. The van der Waals surface area contributed by atoms with Gasteiger partial charge in [0, 0.05) is 19.6 Å². The van der Waals surface area contributed by atoms with Crippen molar-refractivity contribution >= 4 is 31.9 Å². The lowest BCUT2D eigenvalue weighted by atomic mass is 10.3. The van der Waals surface area contributed by atoms with Crippen molar-refractivity contribution in [3.05, 3.63) is 4.88 Å². The monoisotopic (exact) mass is 328 g/mol. The number of nitrogens with zero attached hydrogens (tertiary/aromatic N) is 3. The zero-order valence-corrected chi connectivity index (χ0v) is 13.9. The number of nitriles is 1. The molecule has 0 aromatic carbocycles. The molecule has 1 fully saturated rings. The summed E-state index contributed by atoms with van der Waals surface area (Å²) >= 11 is 1.19. The molecule has 0 aliphatic carbocycles. The predicted molar refractivity (Wildman–Crippen MR) is 85.5 cm³/mol. The van der Waals surface area contributed by atoms with Crippen LogP contribution >= 0.6 is 11.3 Å². The van der Waals surface area contributed by atoms with E-state index in [2.05, 4.69) is 11.9 Å². The Bertz CT molecular complexity index is 660. The molecule has 0 unspecified atom stereocenters. The van der Waals surface area contributed by atoms with Crippen LogP contribution in [0.15, 0.2) is 4.90 Å². The standard InChI is InChI=1S/C13H20N4O2S2/c1-3-21(18,19)12-11(15)10(9-14)20-13(12)17-6-4-5-16(2)7-8-17/h3-8,15H2,1-2H3. The van der Waals surface area contributed by atoms with Gasteiger partial charge in [-0.3, -0.25) is 0 Å². The third-order valence-corrected chi connectivity index (χ3v) is 6.78. The number of hydrogen-bond donors (Lipinski definition) is 1. The average Bonchev–Trinajstić information content (AvgIpc) is 2.64. The summed E-state index contributed by atoms with van der Waals surface area (Å²) in [5, 5.41) is 9.78. The Balaban J connectivity index is 2.50. The van der Waals surface area contributed by atoms with Crippen molar-refractivity contribution in [3.63, 3.8) is 0 Å². The molecule has 0 bridgehead atoms. The highest BCUT2D eigenvalue weighted by Gasteiger charge is 2.29. The van der Waals surface area contributed by atoms with E-state index >= 15 is 0 Å². The predicted octanol–water partition coefficient (Wildman–Crippen LogP) is 1.14. The van der Waals surface area contributed by atoms with Crippen LogP contribution < -0.4 is 10.6 Å². The summed E-state index contributed by atoms with van der Waals surface area (Å²) in [4.78, 5) is 4.70. The van der Waals surface area contributed by atoms with Gasteiger partial charge in [-0.2, -0.15) is 5.26 Å². The van der Waals surface area contributed by atoms with Gasteiger partial charge in [-0.1, -0.05) is 6.92 Å². The van der Waals surface area contributed by atoms with Crippen LogP contribution in [0.5, 0.6) is 0 Å². The maximum atomic E-state index is 12.3. The molecule has 1 saturated heterocycles. The van der Waals surface area contributed by atoms with E-state index in [0.717, 1.165) is 32.6 Å². The summed E-state index contributed by atoms with van der Waals surface area (Å²) < 4.78 is 24.7. The van der Waals surface area contributed by atoms with Crippen LogP contribution in [0.1, 0.15) is 18.2 Å². The quantitative estimate of drug-likeness (QED) is 0.895. The first-order chi connectivity index (χ1) is 9.90. The van der Waals surface area contributed by atoms with E-state index in [1.165, 1.54) is 11.3 Å². The van der Waals surface area contributed by atoms with Crippen molar-refractivity contribution in [2.24, 2.45) is 0 Å². The molecule has 0 radical (unpaired) electrons. The fourth-order valence-electron chi connectivity index (χ4n) is 2.40. The molecule has 6 nitrogen and oxygen atoms in total. The Morgan fingerprint density at radius 3 is 2.67 bits per heavy atom. The van der Waals surface area contributed by atoms with Crippen molar-refractivity contribution in [2.45, 2.75) is 18.2 Å². The SMILES string of the molecule is CCS(=O)(=O)c1c(N2CCCN(C)CC2)sc(C#N)c1N.